The summed E-state index contributed by atoms with van der Waals surface area (Å²) >= 11 is 0. The maximum absolute atomic E-state index is 4.42. The standard InChI is InChI=1S/C13H11N5/c1-9-5-4-8-15-11(9)13-16-12(17-18-13)10-6-2-3-7-14-10/h2-8H,1H3,(H,16,17,18). The minimum Gasteiger partial charge on any atom is -0.257 e. The van der Waals surface area contributed by atoms with Crippen molar-refractivity contribution in [1.82, 2.24) is 25.1 Å². The van der Waals surface area contributed by atoms with E-state index in [4.69, 9.17) is 0 Å². The van der Waals surface area contributed by atoms with Gasteiger partial charge in [0, 0.05) is 12.4 Å². The highest BCUT2D eigenvalue weighted by Gasteiger charge is 2.10. The number of rotatable bonds is 2. The Hall–Kier alpha value is -2.56. The van der Waals surface area contributed by atoms with E-state index >= 15 is 0 Å². The highest BCUT2D eigenvalue weighted by molar-refractivity contribution is 5.58. The van der Waals surface area contributed by atoms with Crippen LogP contribution in [-0.4, -0.2) is 25.1 Å². The Morgan fingerprint density at radius 1 is 1.00 bits per heavy atom. The van der Waals surface area contributed by atoms with E-state index in [2.05, 4.69) is 25.1 Å². The summed E-state index contributed by atoms with van der Waals surface area (Å²) in [4.78, 5) is 12.9. The quantitative estimate of drug-likeness (QED) is 0.742. The van der Waals surface area contributed by atoms with Gasteiger partial charge in [-0.05, 0) is 30.7 Å². The fraction of sp³-hybridized carbons (Fsp3) is 0.0769. The number of aromatic amines is 1. The molecule has 5 heteroatoms. The summed E-state index contributed by atoms with van der Waals surface area (Å²) in [5.74, 6) is 1.24. The van der Waals surface area contributed by atoms with Crippen molar-refractivity contribution in [3.8, 4) is 23.0 Å². The molecule has 0 unspecified atom stereocenters. The van der Waals surface area contributed by atoms with E-state index in [0.29, 0.717) is 11.6 Å². The van der Waals surface area contributed by atoms with Crippen LogP contribution in [0.2, 0.25) is 0 Å². The SMILES string of the molecule is Cc1cccnc1-c1nc(-c2ccccn2)n[nH]1. The van der Waals surface area contributed by atoms with Crippen LogP contribution in [0.3, 0.4) is 0 Å². The number of hydrogen-bond donors (Lipinski definition) is 1. The largest absolute Gasteiger partial charge is 0.257 e. The second kappa shape index (κ2) is 4.37. The van der Waals surface area contributed by atoms with Crippen LogP contribution in [0.1, 0.15) is 5.56 Å². The predicted octanol–water partition coefficient (Wildman–Crippen LogP) is 2.24. The molecule has 3 aromatic heterocycles. The third-order valence-electron chi connectivity index (χ3n) is 2.61. The van der Waals surface area contributed by atoms with Crippen LogP contribution in [0, 0.1) is 6.92 Å². The molecule has 0 fully saturated rings. The first-order chi connectivity index (χ1) is 8.84. The van der Waals surface area contributed by atoms with E-state index in [1.54, 1.807) is 12.4 Å². The van der Waals surface area contributed by atoms with Gasteiger partial charge in [-0.25, -0.2) is 4.98 Å². The molecule has 88 valence electrons. The van der Waals surface area contributed by atoms with Gasteiger partial charge in [-0.2, -0.15) is 5.10 Å². The van der Waals surface area contributed by atoms with Crippen molar-refractivity contribution < 1.29 is 0 Å². The molecule has 0 saturated carbocycles. The van der Waals surface area contributed by atoms with Gasteiger partial charge in [-0.3, -0.25) is 15.1 Å². The molecular weight excluding hydrogens is 226 g/mol. The molecular formula is C13H11N5. The molecule has 0 aliphatic heterocycles. The fourth-order valence-corrected chi connectivity index (χ4v) is 1.71. The summed E-state index contributed by atoms with van der Waals surface area (Å²) in [5, 5.41) is 7.06. The third-order valence-corrected chi connectivity index (χ3v) is 2.61. The van der Waals surface area contributed by atoms with Crippen LogP contribution in [0.15, 0.2) is 42.7 Å². The zero-order valence-electron chi connectivity index (χ0n) is 9.83. The molecule has 0 amide bonds. The molecule has 3 rings (SSSR count). The van der Waals surface area contributed by atoms with Crippen LogP contribution in [-0.2, 0) is 0 Å². The predicted molar refractivity (Wildman–Crippen MR) is 67.6 cm³/mol. The van der Waals surface area contributed by atoms with Gasteiger partial charge in [0.2, 0.25) is 0 Å². The van der Waals surface area contributed by atoms with E-state index < -0.39 is 0 Å². The second-order valence-corrected chi connectivity index (χ2v) is 3.89. The van der Waals surface area contributed by atoms with Crippen LogP contribution >= 0.6 is 0 Å². The number of aryl methyl sites for hydroxylation is 1. The zero-order chi connectivity index (χ0) is 12.4. The maximum atomic E-state index is 4.42. The van der Waals surface area contributed by atoms with Crippen LogP contribution < -0.4 is 0 Å². The van der Waals surface area contributed by atoms with Crippen molar-refractivity contribution in [1.29, 1.82) is 0 Å². The van der Waals surface area contributed by atoms with Crippen molar-refractivity contribution >= 4 is 0 Å². The van der Waals surface area contributed by atoms with Gasteiger partial charge in [-0.1, -0.05) is 12.1 Å². The van der Waals surface area contributed by atoms with Gasteiger partial charge in [0.1, 0.15) is 11.4 Å². The number of H-pyrrole nitrogens is 1. The maximum Gasteiger partial charge on any atom is 0.200 e. The molecule has 0 bridgehead atoms. The first kappa shape index (κ1) is 10.6. The summed E-state index contributed by atoms with van der Waals surface area (Å²) in [6.45, 7) is 1.99. The number of nitrogens with one attached hydrogen (secondary N) is 1. The second-order valence-electron chi connectivity index (χ2n) is 3.89. The average Bonchev–Trinajstić information content (AvgIpc) is 2.90. The number of aromatic nitrogens is 5. The minimum absolute atomic E-state index is 0.579. The lowest BCUT2D eigenvalue weighted by atomic mass is 10.2. The molecule has 0 spiro atoms. The lowest BCUT2D eigenvalue weighted by Crippen LogP contribution is -1.89. The van der Waals surface area contributed by atoms with E-state index in [-0.39, 0.29) is 0 Å². The lowest BCUT2D eigenvalue weighted by Gasteiger charge is -1.98. The molecule has 0 aliphatic carbocycles. The zero-order valence-corrected chi connectivity index (χ0v) is 9.83. The Kier molecular flexibility index (Phi) is 2.57. The van der Waals surface area contributed by atoms with Crippen molar-refractivity contribution in [2.24, 2.45) is 0 Å². The summed E-state index contributed by atoms with van der Waals surface area (Å²) < 4.78 is 0. The minimum atomic E-state index is 0.579. The summed E-state index contributed by atoms with van der Waals surface area (Å²) in [7, 11) is 0. The third kappa shape index (κ3) is 1.86. The van der Waals surface area contributed by atoms with Gasteiger partial charge in [0.25, 0.3) is 0 Å². The lowest BCUT2D eigenvalue weighted by molar-refractivity contribution is 1.08. The van der Waals surface area contributed by atoms with Crippen molar-refractivity contribution in [3.63, 3.8) is 0 Å². The molecule has 0 saturated heterocycles. The molecule has 1 N–H and O–H groups in total. The first-order valence-corrected chi connectivity index (χ1v) is 5.60. The van der Waals surface area contributed by atoms with Gasteiger partial charge in [0.05, 0.1) is 0 Å². The van der Waals surface area contributed by atoms with Crippen LogP contribution in [0.5, 0.6) is 0 Å². The van der Waals surface area contributed by atoms with Gasteiger partial charge < -0.3 is 0 Å². The summed E-state index contributed by atoms with van der Waals surface area (Å²) in [5.41, 5.74) is 2.61. The highest BCUT2D eigenvalue weighted by atomic mass is 15.2. The Labute approximate surface area is 104 Å². The number of hydrogen-bond acceptors (Lipinski definition) is 4. The smallest absolute Gasteiger partial charge is 0.200 e. The number of pyridine rings is 2. The van der Waals surface area contributed by atoms with Crippen molar-refractivity contribution in [3.05, 3.63) is 48.3 Å². The van der Waals surface area contributed by atoms with Crippen molar-refractivity contribution in [2.45, 2.75) is 6.92 Å². The highest BCUT2D eigenvalue weighted by Crippen LogP contribution is 2.19. The van der Waals surface area contributed by atoms with Crippen LogP contribution in [0.4, 0.5) is 0 Å². The number of nitrogens with zero attached hydrogens (tertiary/aromatic N) is 4. The normalized spacial score (nSPS) is 10.5. The van der Waals surface area contributed by atoms with Gasteiger partial charge in [0.15, 0.2) is 11.6 Å². The molecule has 0 radical (unpaired) electrons. The van der Waals surface area contributed by atoms with E-state index in [0.717, 1.165) is 17.0 Å². The van der Waals surface area contributed by atoms with Crippen molar-refractivity contribution in [2.75, 3.05) is 0 Å². The molecule has 0 atom stereocenters. The molecule has 0 aliphatic rings. The average molecular weight is 237 g/mol. The molecule has 3 heterocycles. The topological polar surface area (TPSA) is 67.3 Å². The molecule has 3 aromatic rings. The Bertz CT molecular complexity index is 660. The monoisotopic (exact) mass is 237 g/mol. The van der Waals surface area contributed by atoms with Gasteiger partial charge in [-0.15, -0.1) is 0 Å². The van der Waals surface area contributed by atoms with E-state index in [1.807, 2.05) is 37.3 Å². The molecule has 18 heavy (non-hydrogen) atoms. The van der Waals surface area contributed by atoms with Gasteiger partial charge >= 0.3 is 0 Å². The fourth-order valence-electron chi connectivity index (χ4n) is 1.71. The van der Waals surface area contributed by atoms with E-state index in [1.165, 1.54) is 0 Å². The first-order valence-electron chi connectivity index (χ1n) is 5.60. The molecule has 0 aromatic carbocycles. The Morgan fingerprint density at radius 3 is 2.67 bits per heavy atom. The molecule has 5 nitrogen and oxygen atoms in total. The Balaban J connectivity index is 2.03. The summed E-state index contributed by atoms with van der Waals surface area (Å²) in [6.07, 6.45) is 3.46. The van der Waals surface area contributed by atoms with Crippen LogP contribution in [0.25, 0.3) is 23.0 Å². The Morgan fingerprint density at radius 2 is 1.89 bits per heavy atom. The summed E-state index contributed by atoms with van der Waals surface area (Å²) in [6, 6.07) is 9.53. The van der Waals surface area contributed by atoms with E-state index in [9.17, 15) is 0 Å².